The number of nitrogens with one attached hydrogen (secondary N) is 2. The van der Waals surface area contributed by atoms with Crippen LogP contribution in [0.4, 0.5) is 30.4 Å². The molecule has 0 aliphatic carbocycles. The predicted octanol–water partition coefficient (Wildman–Crippen LogP) is 3.90. The highest BCUT2D eigenvalue weighted by molar-refractivity contribution is 6.02. The Morgan fingerprint density at radius 3 is 2.30 bits per heavy atom. The van der Waals surface area contributed by atoms with Gasteiger partial charge in [0, 0.05) is 5.69 Å². The molecule has 0 unspecified atom stereocenters. The number of hydrogen-bond acceptors (Lipinski definition) is 5. The number of amides is 1. The highest BCUT2D eigenvalue weighted by Gasteiger charge is 2.17. The number of nitrogens with zero attached hydrogens (tertiary/aromatic N) is 2. The third-order valence-electron chi connectivity index (χ3n) is 3.54. The Morgan fingerprint density at radius 1 is 0.926 bits per heavy atom. The molecule has 0 saturated carbocycles. The molecule has 0 bridgehead atoms. The number of rotatable bonds is 5. The number of benzene rings is 2. The third kappa shape index (κ3) is 4.14. The number of carbonyl (C=O) groups is 1. The van der Waals surface area contributed by atoms with Crippen molar-refractivity contribution in [2.45, 2.75) is 0 Å². The highest BCUT2D eigenvalue weighted by Crippen LogP contribution is 2.21. The van der Waals surface area contributed by atoms with Gasteiger partial charge in [-0.1, -0.05) is 0 Å². The van der Waals surface area contributed by atoms with Crippen molar-refractivity contribution in [1.29, 1.82) is 0 Å². The Labute approximate surface area is 152 Å². The summed E-state index contributed by atoms with van der Waals surface area (Å²) in [5.41, 5.74) is 0.103. The van der Waals surface area contributed by atoms with Gasteiger partial charge in [-0.15, -0.1) is 10.2 Å². The van der Waals surface area contributed by atoms with Crippen molar-refractivity contribution >= 4 is 23.1 Å². The third-order valence-corrected chi connectivity index (χ3v) is 3.54. The van der Waals surface area contributed by atoms with E-state index in [1.165, 1.54) is 12.1 Å². The largest absolute Gasteiger partial charge is 0.497 e. The van der Waals surface area contributed by atoms with Crippen molar-refractivity contribution in [3.8, 4) is 5.75 Å². The lowest BCUT2D eigenvalue weighted by Gasteiger charge is -2.08. The molecule has 1 aromatic heterocycles. The summed E-state index contributed by atoms with van der Waals surface area (Å²) in [6.07, 6.45) is 0. The SMILES string of the molecule is COc1ccc(Nc2ccc(C(=O)Nc3ccc(F)c(F)c3F)nn2)cc1. The number of anilines is 3. The van der Waals surface area contributed by atoms with Crippen LogP contribution >= 0.6 is 0 Å². The van der Waals surface area contributed by atoms with Gasteiger partial charge in [-0.25, -0.2) is 13.2 Å². The van der Waals surface area contributed by atoms with Crippen LogP contribution in [0.3, 0.4) is 0 Å². The number of aromatic nitrogens is 2. The Hall–Kier alpha value is -3.62. The summed E-state index contributed by atoms with van der Waals surface area (Å²) in [5.74, 6) is -4.26. The molecule has 3 aromatic rings. The van der Waals surface area contributed by atoms with Crippen LogP contribution in [0.2, 0.25) is 0 Å². The Morgan fingerprint density at radius 2 is 1.67 bits per heavy atom. The molecule has 1 heterocycles. The second kappa shape index (κ2) is 7.73. The smallest absolute Gasteiger partial charge is 0.276 e. The van der Waals surface area contributed by atoms with E-state index in [0.29, 0.717) is 17.6 Å². The van der Waals surface area contributed by atoms with Gasteiger partial charge in [0.15, 0.2) is 29.0 Å². The summed E-state index contributed by atoms with van der Waals surface area (Å²) >= 11 is 0. The van der Waals surface area contributed by atoms with Crippen LogP contribution in [0.5, 0.6) is 5.75 Å². The van der Waals surface area contributed by atoms with Gasteiger partial charge in [0.25, 0.3) is 5.91 Å². The van der Waals surface area contributed by atoms with Crippen molar-refractivity contribution in [3.05, 3.63) is 71.7 Å². The van der Waals surface area contributed by atoms with Gasteiger partial charge in [-0.05, 0) is 48.5 Å². The molecule has 27 heavy (non-hydrogen) atoms. The first-order chi connectivity index (χ1) is 13.0. The quantitative estimate of drug-likeness (QED) is 0.663. The molecule has 0 saturated heterocycles. The van der Waals surface area contributed by atoms with Crippen LogP contribution in [0.15, 0.2) is 48.5 Å². The van der Waals surface area contributed by atoms with Crippen molar-refractivity contribution in [1.82, 2.24) is 10.2 Å². The first-order valence-electron chi connectivity index (χ1n) is 7.67. The summed E-state index contributed by atoms with van der Waals surface area (Å²) < 4.78 is 44.8. The van der Waals surface area contributed by atoms with Gasteiger partial charge >= 0.3 is 0 Å². The van der Waals surface area contributed by atoms with Crippen molar-refractivity contribution in [2.24, 2.45) is 0 Å². The van der Waals surface area contributed by atoms with E-state index in [9.17, 15) is 18.0 Å². The maximum atomic E-state index is 13.6. The fourth-order valence-corrected chi connectivity index (χ4v) is 2.15. The second-order valence-corrected chi connectivity index (χ2v) is 5.33. The van der Waals surface area contributed by atoms with Crippen LogP contribution in [-0.4, -0.2) is 23.2 Å². The van der Waals surface area contributed by atoms with Crippen molar-refractivity contribution < 1.29 is 22.7 Å². The zero-order chi connectivity index (χ0) is 19.4. The molecule has 2 N–H and O–H groups in total. The van der Waals surface area contributed by atoms with E-state index in [0.717, 1.165) is 11.8 Å². The summed E-state index contributed by atoms with van der Waals surface area (Å²) in [6, 6.07) is 11.5. The van der Waals surface area contributed by atoms with Crippen molar-refractivity contribution in [3.63, 3.8) is 0 Å². The maximum absolute atomic E-state index is 13.6. The second-order valence-electron chi connectivity index (χ2n) is 5.33. The molecule has 1 amide bonds. The Kier molecular flexibility index (Phi) is 5.20. The number of hydrogen-bond donors (Lipinski definition) is 2. The number of carbonyl (C=O) groups excluding carboxylic acids is 1. The van der Waals surface area contributed by atoms with Gasteiger partial charge in [0.1, 0.15) is 5.75 Å². The first-order valence-corrected chi connectivity index (χ1v) is 7.67. The molecule has 0 atom stereocenters. The molecule has 3 rings (SSSR count). The molecule has 0 fully saturated rings. The Balaban J connectivity index is 1.69. The van der Waals surface area contributed by atoms with Gasteiger partial charge in [0.05, 0.1) is 12.8 Å². The zero-order valence-corrected chi connectivity index (χ0v) is 14.0. The molecule has 0 aliphatic rings. The number of methoxy groups -OCH3 is 1. The topological polar surface area (TPSA) is 76.1 Å². The molecule has 138 valence electrons. The Bertz CT molecular complexity index is 964. The van der Waals surface area contributed by atoms with Gasteiger partial charge in [-0.2, -0.15) is 0 Å². The minimum Gasteiger partial charge on any atom is -0.497 e. The van der Waals surface area contributed by atoms with E-state index in [4.69, 9.17) is 4.74 Å². The van der Waals surface area contributed by atoms with Gasteiger partial charge in [-0.3, -0.25) is 4.79 Å². The lowest BCUT2D eigenvalue weighted by molar-refractivity contribution is 0.102. The fourth-order valence-electron chi connectivity index (χ4n) is 2.15. The average Bonchev–Trinajstić information content (AvgIpc) is 2.69. The standard InChI is InChI=1S/C18H13F3N4O2/c1-27-11-4-2-10(3-5-11)22-15-9-8-14(24-25-15)18(26)23-13-7-6-12(19)16(20)17(13)21/h2-9H,1H3,(H,22,25)(H,23,26). The van der Waals surface area contributed by atoms with Crippen LogP contribution < -0.4 is 15.4 Å². The van der Waals surface area contributed by atoms with Crippen LogP contribution in [0.25, 0.3) is 0 Å². The average molecular weight is 374 g/mol. The monoisotopic (exact) mass is 374 g/mol. The van der Waals surface area contributed by atoms with Crippen molar-refractivity contribution in [2.75, 3.05) is 17.7 Å². The fraction of sp³-hybridized carbons (Fsp3) is 0.0556. The van der Waals surface area contributed by atoms with Crippen LogP contribution in [-0.2, 0) is 0 Å². The molecule has 0 radical (unpaired) electrons. The zero-order valence-electron chi connectivity index (χ0n) is 14.0. The lowest BCUT2D eigenvalue weighted by atomic mass is 10.2. The number of ether oxygens (including phenoxy) is 1. The highest BCUT2D eigenvalue weighted by atomic mass is 19.2. The van der Waals surface area contributed by atoms with Gasteiger partial charge in [0.2, 0.25) is 0 Å². The molecule has 0 aliphatic heterocycles. The van der Waals surface area contributed by atoms with E-state index >= 15 is 0 Å². The summed E-state index contributed by atoms with van der Waals surface area (Å²) in [7, 11) is 1.56. The molecular formula is C18H13F3N4O2. The normalized spacial score (nSPS) is 10.4. The number of halogens is 3. The maximum Gasteiger partial charge on any atom is 0.276 e. The summed E-state index contributed by atoms with van der Waals surface area (Å²) in [5, 5.41) is 12.7. The van der Waals surface area contributed by atoms with E-state index in [1.54, 1.807) is 31.4 Å². The molecule has 0 spiro atoms. The van der Waals surface area contributed by atoms with E-state index in [1.807, 2.05) is 0 Å². The van der Waals surface area contributed by atoms with E-state index in [-0.39, 0.29) is 5.69 Å². The van der Waals surface area contributed by atoms with Crippen LogP contribution in [0.1, 0.15) is 10.5 Å². The first kappa shape index (κ1) is 18.2. The van der Waals surface area contributed by atoms with E-state index < -0.39 is 29.0 Å². The molecule has 6 nitrogen and oxygen atoms in total. The summed E-state index contributed by atoms with van der Waals surface area (Å²) in [4.78, 5) is 12.1. The summed E-state index contributed by atoms with van der Waals surface area (Å²) in [6.45, 7) is 0. The molecule has 2 aromatic carbocycles. The minimum absolute atomic E-state index is 0.126. The molecular weight excluding hydrogens is 361 g/mol. The van der Waals surface area contributed by atoms with Gasteiger partial charge < -0.3 is 15.4 Å². The minimum atomic E-state index is -1.67. The lowest BCUT2D eigenvalue weighted by Crippen LogP contribution is -2.16. The van der Waals surface area contributed by atoms with E-state index in [2.05, 4.69) is 20.8 Å². The molecule has 9 heteroatoms. The predicted molar refractivity (Wildman–Crippen MR) is 92.6 cm³/mol. The van der Waals surface area contributed by atoms with Crippen LogP contribution in [0, 0.1) is 17.5 Å².